The van der Waals surface area contributed by atoms with Crippen molar-refractivity contribution in [3.8, 4) is 5.69 Å². The molecule has 0 radical (unpaired) electrons. The van der Waals surface area contributed by atoms with Gasteiger partial charge in [0.15, 0.2) is 5.69 Å². The third-order valence-corrected chi connectivity index (χ3v) is 5.67. The van der Waals surface area contributed by atoms with Crippen LogP contribution in [0.4, 0.5) is 4.39 Å². The number of hydrogen-bond donors (Lipinski definition) is 0. The Morgan fingerprint density at radius 2 is 1.65 bits per heavy atom. The summed E-state index contributed by atoms with van der Waals surface area (Å²) in [7, 11) is 0. The number of piperazine rings is 1. The minimum atomic E-state index is -0.494. The van der Waals surface area contributed by atoms with E-state index >= 15 is 0 Å². The number of halogens is 2. The van der Waals surface area contributed by atoms with Gasteiger partial charge in [-0.2, -0.15) is 0 Å². The van der Waals surface area contributed by atoms with Crippen molar-refractivity contribution >= 4 is 23.4 Å². The summed E-state index contributed by atoms with van der Waals surface area (Å²) in [6.07, 6.45) is 0. The SMILES string of the molecule is Cc1cccc(-n2nnc(C(=O)N3CCN(C(=O)c4ccc(F)cc4Cl)CC3)c2C)c1. The van der Waals surface area contributed by atoms with Gasteiger partial charge in [0.05, 0.1) is 22.0 Å². The number of carbonyl (C=O) groups is 2. The summed E-state index contributed by atoms with van der Waals surface area (Å²) >= 11 is 6.01. The summed E-state index contributed by atoms with van der Waals surface area (Å²) in [4.78, 5) is 29.0. The fraction of sp³-hybridized carbons (Fsp3) is 0.273. The summed E-state index contributed by atoms with van der Waals surface area (Å²) in [6.45, 7) is 5.22. The Balaban J connectivity index is 1.45. The maximum atomic E-state index is 13.3. The minimum Gasteiger partial charge on any atom is -0.335 e. The molecule has 2 heterocycles. The lowest BCUT2D eigenvalue weighted by atomic mass is 10.1. The van der Waals surface area contributed by atoms with E-state index in [1.54, 1.807) is 14.5 Å². The van der Waals surface area contributed by atoms with E-state index in [4.69, 9.17) is 11.6 Å². The van der Waals surface area contributed by atoms with Crippen LogP contribution >= 0.6 is 11.6 Å². The van der Waals surface area contributed by atoms with E-state index < -0.39 is 5.82 Å². The van der Waals surface area contributed by atoms with E-state index in [2.05, 4.69) is 10.3 Å². The summed E-state index contributed by atoms with van der Waals surface area (Å²) < 4.78 is 14.9. The summed E-state index contributed by atoms with van der Waals surface area (Å²) in [5, 5.41) is 8.33. The summed E-state index contributed by atoms with van der Waals surface area (Å²) in [6, 6.07) is 11.5. The van der Waals surface area contributed by atoms with Crippen LogP contribution in [0.15, 0.2) is 42.5 Å². The Labute approximate surface area is 184 Å². The van der Waals surface area contributed by atoms with Crippen molar-refractivity contribution in [2.75, 3.05) is 26.2 Å². The monoisotopic (exact) mass is 441 g/mol. The maximum absolute atomic E-state index is 13.3. The molecule has 1 aliphatic heterocycles. The molecule has 1 aromatic heterocycles. The first-order valence-corrected chi connectivity index (χ1v) is 10.3. The van der Waals surface area contributed by atoms with E-state index in [-0.39, 0.29) is 22.4 Å². The average molecular weight is 442 g/mol. The molecular formula is C22H21ClFN5O2. The molecule has 0 atom stereocenters. The molecule has 7 nitrogen and oxygen atoms in total. The number of carbonyl (C=O) groups excluding carboxylic acids is 2. The lowest BCUT2D eigenvalue weighted by molar-refractivity contribution is 0.0532. The zero-order valence-corrected chi connectivity index (χ0v) is 17.9. The molecule has 1 saturated heterocycles. The van der Waals surface area contributed by atoms with Gasteiger partial charge in [0, 0.05) is 26.2 Å². The van der Waals surface area contributed by atoms with Crippen molar-refractivity contribution in [1.29, 1.82) is 0 Å². The molecule has 0 unspecified atom stereocenters. The Bertz CT molecular complexity index is 1150. The van der Waals surface area contributed by atoms with E-state index in [9.17, 15) is 14.0 Å². The van der Waals surface area contributed by atoms with E-state index in [0.29, 0.717) is 37.6 Å². The van der Waals surface area contributed by atoms with Gasteiger partial charge >= 0.3 is 0 Å². The van der Waals surface area contributed by atoms with Crippen molar-refractivity contribution in [2.24, 2.45) is 0 Å². The molecule has 0 N–H and O–H groups in total. The molecule has 2 aromatic carbocycles. The Hall–Kier alpha value is -3.26. The number of hydrogen-bond acceptors (Lipinski definition) is 4. The van der Waals surface area contributed by atoms with E-state index in [1.807, 2.05) is 38.1 Å². The Morgan fingerprint density at radius 1 is 0.968 bits per heavy atom. The summed E-state index contributed by atoms with van der Waals surface area (Å²) in [5.41, 5.74) is 3.13. The van der Waals surface area contributed by atoms with Crippen LogP contribution in [0.1, 0.15) is 32.1 Å². The van der Waals surface area contributed by atoms with E-state index in [1.165, 1.54) is 12.1 Å². The van der Waals surface area contributed by atoms with Crippen molar-refractivity contribution in [3.63, 3.8) is 0 Å². The molecule has 1 aliphatic rings. The molecule has 0 saturated carbocycles. The molecule has 0 aliphatic carbocycles. The van der Waals surface area contributed by atoms with Gasteiger partial charge in [0.1, 0.15) is 5.82 Å². The summed E-state index contributed by atoms with van der Waals surface area (Å²) in [5.74, 6) is -0.993. The molecule has 160 valence electrons. The van der Waals surface area contributed by atoms with Crippen LogP contribution in [0, 0.1) is 19.7 Å². The standard InChI is InChI=1S/C22H21ClFN5O2/c1-14-4-3-5-17(12-14)29-15(2)20(25-26-29)22(31)28-10-8-27(9-11-28)21(30)18-7-6-16(24)13-19(18)23/h3-7,12-13H,8-11H2,1-2H3. The van der Waals surface area contributed by atoms with Crippen molar-refractivity contribution < 1.29 is 14.0 Å². The van der Waals surface area contributed by atoms with E-state index in [0.717, 1.165) is 17.3 Å². The number of nitrogens with zero attached hydrogens (tertiary/aromatic N) is 5. The van der Waals surface area contributed by atoms with Gasteiger partial charge in [0.2, 0.25) is 0 Å². The third kappa shape index (κ3) is 4.16. The van der Waals surface area contributed by atoms with Crippen LogP contribution in [0.5, 0.6) is 0 Å². The van der Waals surface area contributed by atoms with Crippen molar-refractivity contribution in [2.45, 2.75) is 13.8 Å². The number of aryl methyl sites for hydroxylation is 1. The number of amides is 2. The van der Waals surface area contributed by atoms with Gasteiger partial charge in [-0.05, 0) is 49.7 Å². The molecule has 2 amide bonds. The second kappa shape index (κ2) is 8.47. The van der Waals surface area contributed by atoms with Gasteiger partial charge in [-0.1, -0.05) is 28.9 Å². The molecule has 4 rings (SSSR count). The highest BCUT2D eigenvalue weighted by molar-refractivity contribution is 6.33. The van der Waals surface area contributed by atoms with Crippen LogP contribution in [0.3, 0.4) is 0 Å². The fourth-order valence-corrected chi connectivity index (χ4v) is 3.88. The predicted octanol–water partition coefficient (Wildman–Crippen LogP) is 3.27. The molecule has 0 spiro atoms. The van der Waals surface area contributed by atoms with Crippen LogP contribution in [0.25, 0.3) is 5.69 Å². The van der Waals surface area contributed by atoms with Crippen LogP contribution in [0.2, 0.25) is 5.02 Å². The lowest BCUT2D eigenvalue weighted by Gasteiger charge is -2.34. The molecule has 3 aromatic rings. The molecule has 1 fully saturated rings. The molecular weight excluding hydrogens is 421 g/mol. The van der Waals surface area contributed by atoms with Crippen LogP contribution in [-0.4, -0.2) is 62.8 Å². The van der Waals surface area contributed by atoms with Gasteiger partial charge in [0.25, 0.3) is 11.8 Å². The molecule has 0 bridgehead atoms. The topological polar surface area (TPSA) is 71.3 Å². The Kier molecular flexibility index (Phi) is 5.73. The quantitative estimate of drug-likeness (QED) is 0.625. The van der Waals surface area contributed by atoms with Gasteiger partial charge in [-0.15, -0.1) is 5.10 Å². The zero-order chi connectivity index (χ0) is 22.1. The van der Waals surface area contributed by atoms with Gasteiger partial charge in [-0.3, -0.25) is 9.59 Å². The van der Waals surface area contributed by atoms with Crippen molar-refractivity contribution in [1.82, 2.24) is 24.8 Å². The first-order chi connectivity index (χ1) is 14.8. The highest BCUT2D eigenvalue weighted by atomic mass is 35.5. The third-order valence-electron chi connectivity index (χ3n) is 5.36. The first-order valence-electron chi connectivity index (χ1n) is 9.88. The highest BCUT2D eigenvalue weighted by Crippen LogP contribution is 2.21. The smallest absolute Gasteiger partial charge is 0.276 e. The number of benzene rings is 2. The number of aromatic nitrogens is 3. The predicted molar refractivity (Wildman–Crippen MR) is 114 cm³/mol. The molecule has 31 heavy (non-hydrogen) atoms. The fourth-order valence-electron chi connectivity index (χ4n) is 3.63. The second-order valence-corrected chi connectivity index (χ2v) is 7.89. The maximum Gasteiger partial charge on any atom is 0.276 e. The van der Waals surface area contributed by atoms with Crippen LogP contribution < -0.4 is 0 Å². The van der Waals surface area contributed by atoms with Crippen LogP contribution in [-0.2, 0) is 0 Å². The average Bonchev–Trinajstić information content (AvgIpc) is 3.14. The molecule has 9 heteroatoms. The number of rotatable bonds is 3. The minimum absolute atomic E-state index is 0.0758. The van der Waals surface area contributed by atoms with Crippen molar-refractivity contribution in [3.05, 3.63) is 75.8 Å². The highest BCUT2D eigenvalue weighted by Gasteiger charge is 2.29. The second-order valence-electron chi connectivity index (χ2n) is 7.48. The normalized spacial score (nSPS) is 14.1. The largest absolute Gasteiger partial charge is 0.335 e. The zero-order valence-electron chi connectivity index (χ0n) is 17.2. The van der Waals surface area contributed by atoms with Gasteiger partial charge in [-0.25, -0.2) is 9.07 Å². The lowest BCUT2D eigenvalue weighted by Crippen LogP contribution is -2.50. The van der Waals surface area contributed by atoms with Gasteiger partial charge < -0.3 is 9.80 Å². The Morgan fingerprint density at radius 3 is 2.29 bits per heavy atom. The first kappa shape index (κ1) is 21.0.